The summed E-state index contributed by atoms with van der Waals surface area (Å²) in [6, 6.07) is 19.9. The topological polar surface area (TPSA) is 121 Å². The molecule has 35 heavy (non-hydrogen) atoms. The maximum absolute atomic E-state index is 12.9. The first kappa shape index (κ1) is 23.7. The second-order valence-corrected chi connectivity index (χ2v) is 8.09. The van der Waals surface area contributed by atoms with Gasteiger partial charge in [-0.05, 0) is 41.3 Å². The van der Waals surface area contributed by atoms with Crippen LogP contribution in [0.25, 0.3) is 10.9 Å². The Balaban J connectivity index is 1.48. The minimum atomic E-state index is -0.903. The van der Waals surface area contributed by atoms with E-state index in [2.05, 4.69) is 22.2 Å². The zero-order valence-corrected chi connectivity index (χ0v) is 19.2. The number of carbonyl (C=O) groups is 2. The van der Waals surface area contributed by atoms with Crippen molar-refractivity contribution in [3.63, 3.8) is 0 Å². The molecule has 0 bridgehead atoms. The molecule has 0 atom stereocenters. The third-order valence-corrected chi connectivity index (χ3v) is 5.56. The van der Waals surface area contributed by atoms with Crippen molar-refractivity contribution >= 4 is 22.8 Å². The number of rotatable bonds is 9. The van der Waals surface area contributed by atoms with E-state index in [0.29, 0.717) is 34.3 Å². The van der Waals surface area contributed by atoms with E-state index in [9.17, 15) is 14.4 Å². The number of nitrogens with zero attached hydrogens (tertiary/aromatic N) is 1. The number of benzene rings is 3. The van der Waals surface area contributed by atoms with Crippen LogP contribution in [0.3, 0.4) is 0 Å². The van der Waals surface area contributed by atoms with Crippen LogP contribution in [0, 0.1) is 0 Å². The molecule has 0 saturated carbocycles. The smallest absolute Gasteiger partial charge is 0.307 e. The van der Waals surface area contributed by atoms with E-state index in [-0.39, 0.29) is 18.9 Å². The molecule has 8 nitrogen and oxygen atoms in total. The molecule has 3 aromatic carbocycles. The Morgan fingerprint density at radius 3 is 2.49 bits per heavy atom. The lowest BCUT2D eigenvalue weighted by molar-refractivity contribution is -0.136. The number of nitrogens with one attached hydrogen (secondary N) is 2. The highest BCUT2D eigenvalue weighted by molar-refractivity contribution is 5.93. The molecule has 0 aliphatic heterocycles. The second kappa shape index (κ2) is 10.6. The molecule has 0 radical (unpaired) electrons. The van der Waals surface area contributed by atoms with Gasteiger partial charge in [0.2, 0.25) is 0 Å². The van der Waals surface area contributed by atoms with Crippen molar-refractivity contribution in [2.75, 3.05) is 0 Å². The standard InChI is InChI=1S/C27H25N3O5/c1-2-17-5-3-6-19(13-17)15-28-27(34)25-29-22-8-4-7-20(24(22)26(33)30-25)16-35-21-11-9-18(10-12-21)14-23(31)32/h3-13H,2,14-16H2,1H3,(H,28,34)(H,31,32)(H,29,30,33). The highest BCUT2D eigenvalue weighted by Crippen LogP contribution is 2.18. The van der Waals surface area contributed by atoms with Crippen LogP contribution >= 0.6 is 0 Å². The zero-order valence-electron chi connectivity index (χ0n) is 19.2. The Kier molecular flexibility index (Phi) is 7.21. The molecule has 1 aromatic heterocycles. The Bertz CT molecular complexity index is 1430. The Morgan fingerprint density at radius 2 is 1.74 bits per heavy atom. The van der Waals surface area contributed by atoms with Crippen LogP contribution in [-0.2, 0) is 30.8 Å². The number of carbonyl (C=O) groups excluding carboxylic acids is 1. The molecular weight excluding hydrogens is 446 g/mol. The highest BCUT2D eigenvalue weighted by atomic mass is 16.5. The van der Waals surface area contributed by atoms with Crippen molar-refractivity contribution in [3.05, 3.63) is 105 Å². The number of aliphatic carboxylic acids is 1. The van der Waals surface area contributed by atoms with Crippen LogP contribution in [0.5, 0.6) is 5.75 Å². The third-order valence-electron chi connectivity index (χ3n) is 5.56. The molecule has 4 rings (SSSR count). The lowest BCUT2D eigenvalue weighted by Crippen LogP contribution is -2.28. The molecule has 0 fully saturated rings. The van der Waals surface area contributed by atoms with Gasteiger partial charge in [-0.25, -0.2) is 4.98 Å². The molecule has 3 N–H and O–H groups in total. The number of amides is 1. The molecule has 0 saturated heterocycles. The number of hydrogen-bond acceptors (Lipinski definition) is 5. The quantitative estimate of drug-likeness (QED) is 0.343. The first-order chi connectivity index (χ1) is 16.9. The Morgan fingerprint density at radius 1 is 1.00 bits per heavy atom. The van der Waals surface area contributed by atoms with Gasteiger partial charge in [-0.15, -0.1) is 0 Å². The van der Waals surface area contributed by atoms with Gasteiger partial charge >= 0.3 is 5.97 Å². The number of aryl methyl sites for hydroxylation is 1. The van der Waals surface area contributed by atoms with Gasteiger partial charge in [0.05, 0.1) is 17.3 Å². The Labute approximate surface area is 201 Å². The van der Waals surface area contributed by atoms with Crippen molar-refractivity contribution < 1.29 is 19.4 Å². The molecule has 0 aliphatic carbocycles. The number of aromatic nitrogens is 2. The molecule has 0 spiro atoms. The van der Waals surface area contributed by atoms with Crippen molar-refractivity contribution in [3.8, 4) is 5.75 Å². The van der Waals surface area contributed by atoms with Crippen LogP contribution in [-0.4, -0.2) is 27.0 Å². The van der Waals surface area contributed by atoms with Gasteiger partial charge in [0.25, 0.3) is 11.5 Å². The fraction of sp³-hybridized carbons (Fsp3) is 0.185. The summed E-state index contributed by atoms with van der Waals surface area (Å²) in [5, 5.41) is 12.0. The van der Waals surface area contributed by atoms with Gasteiger partial charge < -0.3 is 20.1 Å². The number of carboxylic acids is 1. The maximum atomic E-state index is 12.9. The first-order valence-electron chi connectivity index (χ1n) is 11.2. The summed E-state index contributed by atoms with van der Waals surface area (Å²) in [4.78, 5) is 43.3. The maximum Gasteiger partial charge on any atom is 0.307 e. The number of H-pyrrole nitrogens is 1. The fourth-order valence-electron chi connectivity index (χ4n) is 3.75. The monoisotopic (exact) mass is 471 g/mol. The lowest BCUT2D eigenvalue weighted by atomic mass is 10.1. The average Bonchev–Trinajstić information content (AvgIpc) is 2.86. The van der Waals surface area contributed by atoms with Crippen molar-refractivity contribution in [1.29, 1.82) is 0 Å². The van der Waals surface area contributed by atoms with Crippen LogP contribution in [0.2, 0.25) is 0 Å². The van der Waals surface area contributed by atoms with E-state index in [1.807, 2.05) is 24.3 Å². The van der Waals surface area contributed by atoms with Crippen LogP contribution in [0.4, 0.5) is 0 Å². The van der Waals surface area contributed by atoms with E-state index >= 15 is 0 Å². The number of carboxylic acid groups (broad SMARTS) is 1. The fourth-order valence-corrected chi connectivity index (χ4v) is 3.75. The predicted octanol–water partition coefficient (Wildman–Crippen LogP) is 3.62. The van der Waals surface area contributed by atoms with Crippen LogP contribution in [0.15, 0.2) is 71.5 Å². The van der Waals surface area contributed by atoms with Gasteiger partial charge in [-0.2, -0.15) is 0 Å². The van der Waals surface area contributed by atoms with E-state index in [1.165, 1.54) is 5.56 Å². The SMILES string of the molecule is CCc1cccc(CNC(=O)c2nc3cccc(COc4ccc(CC(=O)O)cc4)c3c(=O)[nH]2)c1. The number of hydrogen-bond donors (Lipinski definition) is 3. The summed E-state index contributed by atoms with van der Waals surface area (Å²) < 4.78 is 5.79. The summed E-state index contributed by atoms with van der Waals surface area (Å²) in [6.07, 6.45) is 0.842. The summed E-state index contributed by atoms with van der Waals surface area (Å²) in [6.45, 7) is 2.51. The van der Waals surface area contributed by atoms with Crippen molar-refractivity contribution in [1.82, 2.24) is 15.3 Å². The normalized spacial score (nSPS) is 10.8. The van der Waals surface area contributed by atoms with Gasteiger partial charge in [-0.1, -0.05) is 55.5 Å². The third kappa shape index (κ3) is 5.92. The highest BCUT2D eigenvalue weighted by Gasteiger charge is 2.14. The number of ether oxygens (including phenoxy) is 1. The minimum absolute atomic E-state index is 0.0544. The lowest BCUT2D eigenvalue weighted by Gasteiger charge is -2.10. The molecular formula is C27H25N3O5. The van der Waals surface area contributed by atoms with E-state index in [0.717, 1.165) is 12.0 Å². The molecule has 178 valence electrons. The largest absolute Gasteiger partial charge is 0.489 e. The minimum Gasteiger partial charge on any atom is -0.489 e. The Hall–Kier alpha value is -4.46. The summed E-state index contributed by atoms with van der Waals surface area (Å²) in [7, 11) is 0. The van der Waals surface area contributed by atoms with E-state index in [4.69, 9.17) is 9.84 Å². The first-order valence-corrected chi connectivity index (χ1v) is 11.2. The molecule has 0 unspecified atom stereocenters. The summed E-state index contributed by atoms with van der Waals surface area (Å²) in [5.41, 5.74) is 3.40. The predicted molar refractivity (Wildman–Crippen MR) is 131 cm³/mol. The molecule has 1 heterocycles. The zero-order chi connectivity index (χ0) is 24.8. The average molecular weight is 472 g/mol. The second-order valence-electron chi connectivity index (χ2n) is 8.09. The van der Waals surface area contributed by atoms with Crippen LogP contribution < -0.4 is 15.6 Å². The molecule has 0 aliphatic rings. The van der Waals surface area contributed by atoms with Gasteiger partial charge in [-0.3, -0.25) is 14.4 Å². The molecule has 4 aromatic rings. The van der Waals surface area contributed by atoms with E-state index < -0.39 is 17.4 Å². The van der Waals surface area contributed by atoms with Crippen molar-refractivity contribution in [2.45, 2.75) is 32.9 Å². The number of aromatic amines is 1. The van der Waals surface area contributed by atoms with Crippen LogP contribution in [0.1, 0.15) is 39.8 Å². The van der Waals surface area contributed by atoms with Gasteiger partial charge in [0.1, 0.15) is 12.4 Å². The van der Waals surface area contributed by atoms with Gasteiger partial charge in [0, 0.05) is 12.1 Å². The van der Waals surface area contributed by atoms with Crippen molar-refractivity contribution in [2.24, 2.45) is 0 Å². The van der Waals surface area contributed by atoms with Gasteiger partial charge in [0.15, 0.2) is 5.82 Å². The van der Waals surface area contributed by atoms with E-state index in [1.54, 1.807) is 42.5 Å². The summed E-state index contributed by atoms with van der Waals surface area (Å²) in [5.74, 6) is -0.876. The number of fused-ring (bicyclic) bond motifs is 1. The molecule has 1 amide bonds. The molecule has 8 heteroatoms. The summed E-state index contributed by atoms with van der Waals surface area (Å²) >= 11 is 0.